The summed E-state index contributed by atoms with van der Waals surface area (Å²) in [6.45, 7) is 7.18. The first-order chi connectivity index (χ1) is 7.33. The van der Waals surface area contributed by atoms with E-state index in [4.69, 9.17) is 0 Å². The Morgan fingerprint density at radius 2 is 1.47 bits per heavy atom. The average Bonchev–Trinajstić information content (AvgIpc) is 2.23. The van der Waals surface area contributed by atoms with Crippen LogP contribution >= 0.6 is 0 Å². The summed E-state index contributed by atoms with van der Waals surface area (Å²) in [6, 6.07) is 0. The standard InChI is InChI=1S/C15H30/c1-4-13(5-2)15-12-10-8-7-9-11-14(15)6-3/h13-15H,4-12H2,1-3H3. The van der Waals surface area contributed by atoms with E-state index < -0.39 is 0 Å². The van der Waals surface area contributed by atoms with Crippen LogP contribution in [-0.2, 0) is 0 Å². The Kier molecular flexibility index (Phi) is 6.36. The third-order valence-electron chi connectivity index (χ3n) is 4.65. The van der Waals surface area contributed by atoms with Gasteiger partial charge in [-0.05, 0) is 24.2 Å². The van der Waals surface area contributed by atoms with Gasteiger partial charge >= 0.3 is 0 Å². The van der Waals surface area contributed by atoms with Crippen molar-refractivity contribution in [2.75, 3.05) is 0 Å². The van der Waals surface area contributed by atoms with E-state index in [1.807, 2.05) is 0 Å². The summed E-state index contributed by atoms with van der Waals surface area (Å²) < 4.78 is 0. The summed E-state index contributed by atoms with van der Waals surface area (Å²) in [4.78, 5) is 0. The molecule has 0 amide bonds. The Morgan fingerprint density at radius 3 is 2.00 bits per heavy atom. The van der Waals surface area contributed by atoms with Crippen molar-refractivity contribution < 1.29 is 0 Å². The second-order valence-electron chi connectivity index (χ2n) is 5.40. The second kappa shape index (κ2) is 7.30. The highest BCUT2D eigenvalue weighted by Crippen LogP contribution is 2.37. The first-order valence-electron chi connectivity index (χ1n) is 7.33. The second-order valence-corrected chi connectivity index (χ2v) is 5.40. The summed E-state index contributed by atoms with van der Waals surface area (Å²) in [6.07, 6.45) is 13.2. The summed E-state index contributed by atoms with van der Waals surface area (Å²) in [7, 11) is 0. The molecule has 1 aliphatic rings. The monoisotopic (exact) mass is 210 g/mol. The normalized spacial score (nSPS) is 28.8. The maximum Gasteiger partial charge on any atom is -0.0358 e. The van der Waals surface area contributed by atoms with Gasteiger partial charge < -0.3 is 0 Å². The Hall–Kier alpha value is 0. The number of rotatable bonds is 4. The van der Waals surface area contributed by atoms with Crippen LogP contribution in [0.15, 0.2) is 0 Å². The van der Waals surface area contributed by atoms with Gasteiger partial charge in [-0.15, -0.1) is 0 Å². The van der Waals surface area contributed by atoms with Crippen LogP contribution in [0.5, 0.6) is 0 Å². The van der Waals surface area contributed by atoms with Gasteiger partial charge in [-0.2, -0.15) is 0 Å². The van der Waals surface area contributed by atoms with E-state index in [1.165, 1.54) is 57.8 Å². The molecule has 90 valence electrons. The van der Waals surface area contributed by atoms with Gasteiger partial charge in [-0.3, -0.25) is 0 Å². The molecule has 2 atom stereocenters. The van der Waals surface area contributed by atoms with Crippen molar-refractivity contribution in [1.82, 2.24) is 0 Å². The molecule has 0 aromatic carbocycles. The molecule has 1 fully saturated rings. The SMILES string of the molecule is CCC(CC)C1CCCCCCC1CC. The van der Waals surface area contributed by atoms with E-state index in [1.54, 1.807) is 0 Å². The van der Waals surface area contributed by atoms with E-state index >= 15 is 0 Å². The molecule has 0 aliphatic heterocycles. The van der Waals surface area contributed by atoms with Crippen molar-refractivity contribution in [3.8, 4) is 0 Å². The van der Waals surface area contributed by atoms with Crippen molar-refractivity contribution in [2.45, 2.75) is 78.6 Å². The van der Waals surface area contributed by atoms with Gasteiger partial charge in [0.1, 0.15) is 0 Å². The number of hydrogen-bond donors (Lipinski definition) is 0. The molecule has 0 bridgehead atoms. The van der Waals surface area contributed by atoms with Gasteiger partial charge in [0, 0.05) is 0 Å². The first kappa shape index (κ1) is 13.1. The van der Waals surface area contributed by atoms with E-state index in [0.717, 1.165) is 17.8 Å². The lowest BCUT2D eigenvalue weighted by molar-refractivity contribution is 0.167. The quantitative estimate of drug-likeness (QED) is 0.581. The third-order valence-corrected chi connectivity index (χ3v) is 4.65. The molecule has 0 N–H and O–H groups in total. The van der Waals surface area contributed by atoms with E-state index in [0.29, 0.717) is 0 Å². The third kappa shape index (κ3) is 3.81. The van der Waals surface area contributed by atoms with Crippen molar-refractivity contribution in [3.05, 3.63) is 0 Å². The highest BCUT2D eigenvalue weighted by molar-refractivity contribution is 4.77. The van der Waals surface area contributed by atoms with Gasteiger partial charge in [0.25, 0.3) is 0 Å². The van der Waals surface area contributed by atoms with E-state index in [-0.39, 0.29) is 0 Å². The molecule has 1 rings (SSSR count). The lowest BCUT2D eigenvalue weighted by Crippen LogP contribution is -2.24. The maximum absolute atomic E-state index is 2.40. The molecule has 0 heteroatoms. The van der Waals surface area contributed by atoms with Crippen molar-refractivity contribution in [1.29, 1.82) is 0 Å². The molecule has 2 unspecified atom stereocenters. The predicted molar refractivity (Wildman–Crippen MR) is 69.0 cm³/mol. The highest BCUT2D eigenvalue weighted by Gasteiger charge is 2.26. The first-order valence-corrected chi connectivity index (χ1v) is 7.33. The summed E-state index contributed by atoms with van der Waals surface area (Å²) in [5.41, 5.74) is 0. The Balaban J connectivity index is 2.59. The van der Waals surface area contributed by atoms with Crippen LogP contribution < -0.4 is 0 Å². The van der Waals surface area contributed by atoms with Crippen LogP contribution in [0.3, 0.4) is 0 Å². The Bertz CT molecular complexity index is 146. The molecule has 0 heterocycles. The molecule has 0 radical (unpaired) electrons. The van der Waals surface area contributed by atoms with Crippen molar-refractivity contribution >= 4 is 0 Å². The maximum atomic E-state index is 2.40. The van der Waals surface area contributed by atoms with Crippen LogP contribution in [0, 0.1) is 17.8 Å². The molecule has 0 spiro atoms. The number of hydrogen-bond acceptors (Lipinski definition) is 0. The summed E-state index contributed by atoms with van der Waals surface area (Å²) in [5, 5.41) is 0. The van der Waals surface area contributed by atoms with Gasteiger partial charge in [-0.1, -0.05) is 72.1 Å². The molecule has 0 nitrogen and oxygen atoms in total. The van der Waals surface area contributed by atoms with Crippen LogP contribution in [0.25, 0.3) is 0 Å². The van der Waals surface area contributed by atoms with Crippen molar-refractivity contribution in [3.63, 3.8) is 0 Å². The smallest absolute Gasteiger partial charge is 0.0358 e. The fraction of sp³-hybridized carbons (Fsp3) is 1.00. The summed E-state index contributed by atoms with van der Waals surface area (Å²) >= 11 is 0. The van der Waals surface area contributed by atoms with Crippen LogP contribution in [0.1, 0.15) is 78.6 Å². The van der Waals surface area contributed by atoms with Gasteiger partial charge in [-0.25, -0.2) is 0 Å². The van der Waals surface area contributed by atoms with Gasteiger partial charge in [0.15, 0.2) is 0 Å². The molecule has 1 aliphatic carbocycles. The molecule has 0 aromatic rings. The molecule has 0 aromatic heterocycles. The molecule has 1 saturated carbocycles. The fourth-order valence-electron chi connectivity index (χ4n) is 3.61. The van der Waals surface area contributed by atoms with Gasteiger partial charge in [0.05, 0.1) is 0 Å². The van der Waals surface area contributed by atoms with Crippen molar-refractivity contribution in [2.24, 2.45) is 17.8 Å². The van der Waals surface area contributed by atoms with E-state index in [2.05, 4.69) is 20.8 Å². The zero-order chi connectivity index (χ0) is 11.1. The zero-order valence-electron chi connectivity index (χ0n) is 11.1. The van der Waals surface area contributed by atoms with Gasteiger partial charge in [0.2, 0.25) is 0 Å². The largest absolute Gasteiger partial charge is 0.0651 e. The topological polar surface area (TPSA) is 0 Å². The van der Waals surface area contributed by atoms with Crippen LogP contribution in [0.2, 0.25) is 0 Å². The Morgan fingerprint density at radius 1 is 0.867 bits per heavy atom. The minimum absolute atomic E-state index is 1.01. The minimum Gasteiger partial charge on any atom is -0.0651 e. The molecule has 15 heavy (non-hydrogen) atoms. The fourth-order valence-corrected chi connectivity index (χ4v) is 3.61. The lowest BCUT2D eigenvalue weighted by atomic mass is 9.72. The van der Waals surface area contributed by atoms with Crippen LogP contribution in [0.4, 0.5) is 0 Å². The predicted octanol–water partition coefficient (Wildman–Crippen LogP) is 5.42. The van der Waals surface area contributed by atoms with E-state index in [9.17, 15) is 0 Å². The molecule has 0 saturated heterocycles. The molecular formula is C15H30. The molecular weight excluding hydrogens is 180 g/mol. The average molecular weight is 210 g/mol. The lowest BCUT2D eigenvalue weighted by Gasteiger charge is -2.34. The van der Waals surface area contributed by atoms with Crippen LogP contribution in [-0.4, -0.2) is 0 Å². The Labute approximate surface area is 96.8 Å². The summed E-state index contributed by atoms with van der Waals surface area (Å²) in [5.74, 6) is 3.09. The zero-order valence-corrected chi connectivity index (χ0v) is 11.1. The minimum atomic E-state index is 1.01. The highest BCUT2D eigenvalue weighted by atomic mass is 14.3.